The third-order valence-electron chi connectivity index (χ3n) is 4.26. The Bertz CT molecular complexity index is 665. The molecule has 1 atom stereocenters. The molecule has 6 nitrogen and oxygen atoms in total. The molecule has 1 unspecified atom stereocenters. The number of aromatic nitrogens is 2. The van der Waals surface area contributed by atoms with Crippen LogP contribution in [0.4, 0.5) is 5.82 Å². The summed E-state index contributed by atoms with van der Waals surface area (Å²) in [5, 5.41) is 11.9. The number of likely N-dealkylation sites (tertiary alicyclic amines) is 1. The highest BCUT2D eigenvalue weighted by Gasteiger charge is 2.27. The van der Waals surface area contributed by atoms with Crippen molar-refractivity contribution in [2.45, 2.75) is 25.4 Å². The molecule has 1 aliphatic rings. The Labute approximate surface area is 142 Å². The summed E-state index contributed by atoms with van der Waals surface area (Å²) in [6, 6.07) is 8.36. The van der Waals surface area contributed by atoms with Gasteiger partial charge in [-0.3, -0.25) is 9.88 Å². The number of nitrogens with one attached hydrogen (secondary N) is 1. The van der Waals surface area contributed by atoms with Gasteiger partial charge in [0.15, 0.2) is 0 Å². The summed E-state index contributed by atoms with van der Waals surface area (Å²) in [5.41, 5.74) is 2.22. The lowest BCUT2D eigenvalue weighted by atomic mass is 10.1. The molecule has 0 radical (unpaired) electrons. The van der Waals surface area contributed by atoms with Crippen molar-refractivity contribution in [2.75, 3.05) is 32.1 Å². The molecule has 0 spiro atoms. The summed E-state index contributed by atoms with van der Waals surface area (Å²) in [5.74, 6) is 1.60. The summed E-state index contributed by atoms with van der Waals surface area (Å²) in [6.45, 7) is 2.26. The molecule has 24 heavy (non-hydrogen) atoms. The molecule has 0 saturated carbocycles. The van der Waals surface area contributed by atoms with Gasteiger partial charge in [-0.25, -0.2) is 4.98 Å². The van der Waals surface area contributed by atoms with E-state index in [4.69, 9.17) is 9.84 Å². The zero-order valence-corrected chi connectivity index (χ0v) is 14.0. The molecule has 1 fully saturated rings. The molecule has 2 heterocycles. The van der Waals surface area contributed by atoms with Crippen LogP contribution in [0.1, 0.15) is 30.1 Å². The first-order valence-electron chi connectivity index (χ1n) is 8.36. The fraction of sp³-hybridized carbons (Fsp3) is 0.444. The Hall–Kier alpha value is -2.18. The van der Waals surface area contributed by atoms with E-state index in [1.165, 1.54) is 5.56 Å². The van der Waals surface area contributed by atoms with E-state index in [9.17, 15) is 0 Å². The molecule has 0 aliphatic carbocycles. The summed E-state index contributed by atoms with van der Waals surface area (Å²) >= 11 is 0. The summed E-state index contributed by atoms with van der Waals surface area (Å²) in [4.78, 5) is 11.4. The van der Waals surface area contributed by atoms with Crippen molar-refractivity contribution in [2.24, 2.45) is 0 Å². The number of nitrogens with zero attached hydrogens (tertiary/aromatic N) is 3. The van der Waals surface area contributed by atoms with Gasteiger partial charge in [0.05, 0.1) is 30.7 Å². The lowest BCUT2D eigenvalue weighted by Crippen LogP contribution is -2.23. The van der Waals surface area contributed by atoms with Crippen LogP contribution in [0.15, 0.2) is 36.7 Å². The fourth-order valence-corrected chi connectivity index (χ4v) is 3.14. The van der Waals surface area contributed by atoms with Gasteiger partial charge in [0.1, 0.15) is 18.2 Å². The van der Waals surface area contributed by atoms with E-state index in [0.29, 0.717) is 12.6 Å². The van der Waals surface area contributed by atoms with E-state index in [0.717, 1.165) is 43.2 Å². The molecule has 2 aromatic rings. The van der Waals surface area contributed by atoms with E-state index in [1.807, 2.05) is 31.4 Å². The second-order valence-corrected chi connectivity index (χ2v) is 5.93. The minimum absolute atomic E-state index is 0.0267. The van der Waals surface area contributed by atoms with Gasteiger partial charge in [-0.05, 0) is 37.1 Å². The molecular weight excluding hydrogens is 304 g/mol. The predicted molar refractivity (Wildman–Crippen MR) is 93.0 cm³/mol. The Morgan fingerprint density at radius 3 is 3.12 bits per heavy atom. The second-order valence-electron chi connectivity index (χ2n) is 5.93. The van der Waals surface area contributed by atoms with Gasteiger partial charge >= 0.3 is 0 Å². The first-order valence-corrected chi connectivity index (χ1v) is 8.36. The largest absolute Gasteiger partial charge is 0.491 e. The first-order chi connectivity index (χ1) is 11.8. The van der Waals surface area contributed by atoms with Gasteiger partial charge in [-0.1, -0.05) is 12.1 Å². The number of hydrogen-bond donors (Lipinski definition) is 2. The molecule has 0 bridgehead atoms. The fourth-order valence-electron chi connectivity index (χ4n) is 3.14. The van der Waals surface area contributed by atoms with E-state index in [2.05, 4.69) is 26.3 Å². The average Bonchev–Trinajstić information content (AvgIpc) is 3.08. The monoisotopic (exact) mass is 328 g/mol. The number of aliphatic hydroxyl groups is 1. The van der Waals surface area contributed by atoms with E-state index in [1.54, 1.807) is 6.20 Å². The van der Waals surface area contributed by atoms with Crippen LogP contribution in [0, 0.1) is 0 Å². The normalized spacial score (nSPS) is 17.8. The topological polar surface area (TPSA) is 70.5 Å². The minimum Gasteiger partial charge on any atom is -0.491 e. The van der Waals surface area contributed by atoms with E-state index < -0.39 is 0 Å². The first kappa shape index (κ1) is 16.7. The number of hydrogen-bond acceptors (Lipinski definition) is 6. The SMILES string of the molecule is CNc1cncc(C2CCCN2Cc2cccc(OCCO)c2)n1. The van der Waals surface area contributed by atoms with Gasteiger partial charge in [0.25, 0.3) is 0 Å². The van der Waals surface area contributed by atoms with Crippen LogP contribution < -0.4 is 10.1 Å². The smallest absolute Gasteiger partial charge is 0.144 e. The molecule has 1 saturated heterocycles. The number of anilines is 1. The molecule has 2 N–H and O–H groups in total. The Balaban J connectivity index is 1.71. The van der Waals surface area contributed by atoms with E-state index in [-0.39, 0.29) is 6.61 Å². The number of aliphatic hydroxyl groups excluding tert-OH is 1. The maximum Gasteiger partial charge on any atom is 0.144 e. The highest BCUT2D eigenvalue weighted by Crippen LogP contribution is 2.32. The number of benzene rings is 1. The third kappa shape index (κ3) is 4.01. The van der Waals surface area contributed by atoms with Crippen molar-refractivity contribution in [1.82, 2.24) is 14.9 Å². The predicted octanol–water partition coefficient (Wildman–Crippen LogP) is 2.23. The van der Waals surface area contributed by atoms with Crippen molar-refractivity contribution in [3.05, 3.63) is 47.9 Å². The van der Waals surface area contributed by atoms with Crippen LogP contribution >= 0.6 is 0 Å². The zero-order valence-electron chi connectivity index (χ0n) is 14.0. The highest BCUT2D eigenvalue weighted by atomic mass is 16.5. The molecular formula is C18H24N4O2. The average molecular weight is 328 g/mol. The third-order valence-corrected chi connectivity index (χ3v) is 4.26. The van der Waals surface area contributed by atoms with Gasteiger partial charge in [-0.2, -0.15) is 0 Å². The summed E-state index contributed by atoms with van der Waals surface area (Å²) in [6.07, 6.45) is 5.87. The summed E-state index contributed by atoms with van der Waals surface area (Å²) < 4.78 is 5.50. The quantitative estimate of drug-likeness (QED) is 0.812. The van der Waals surface area contributed by atoms with Crippen molar-refractivity contribution in [3.8, 4) is 5.75 Å². The van der Waals surface area contributed by atoms with Crippen molar-refractivity contribution in [1.29, 1.82) is 0 Å². The van der Waals surface area contributed by atoms with Crippen LogP contribution in [0.25, 0.3) is 0 Å². The number of ether oxygens (including phenoxy) is 1. The van der Waals surface area contributed by atoms with Gasteiger partial charge < -0.3 is 15.2 Å². The molecule has 1 aliphatic heterocycles. The molecule has 6 heteroatoms. The van der Waals surface area contributed by atoms with Crippen molar-refractivity contribution in [3.63, 3.8) is 0 Å². The van der Waals surface area contributed by atoms with E-state index >= 15 is 0 Å². The molecule has 1 aromatic heterocycles. The van der Waals surface area contributed by atoms with Gasteiger partial charge in [0.2, 0.25) is 0 Å². The summed E-state index contributed by atoms with van der Waals surface area (Å²) in [7, 11) is 1.86. The zero-order chi connectivity index (χ0) is 16.8. The van der Waals surface area contributed by atoms with Crippen LogP contribution in [-0.4, -0.2) is 46.8 Å². The molecule has 3 rings (SSSR count). The van der Waals surface area contributed by atoms with Gasteiger partial charge in [-0.15, -0.1) is 0 Å². The highest BCUT2D eigenvalue weighted by molar-refractivity contribution is 5.32. The maximum atomic E-state index is 8.88. The minimum atomic E-state index is 0.0267. The molecule has 0 amide bonds. The Kier molecular flexibility index (Phi) is 5.61. The van der Waals surface area contributed by atoms with Crippen molar-refractivity contribution < 1.29 is 9.84 Å². The van der Waals surface area contributed by atoms with Crippen LogP contribution in [0.5, 0.6) is 5.75 Å². The Morgan fingerprint density at radius 1 is 1.38 bits per heavy atom. The molecule has 128 valence electrons. The standard InChI is InChI=1S/C18H24N4O2/c1-19-18-12-20-11-16(21-18)17-6-3-7-22(17)13-14-4-2-5-15(10-14)24-9-8-23/h2,4-5,10-12,17,23H,3,6-9,13H2,1H3,(H,19,21). The lowest BCUT2D eigenvalue weighted by molar-refractivity contribution is 0.200. The van der Waals surface area contributed by atoms with Crippen molar-refractivity contribution >= 4 is 5.82 Å². The lowest BCUT2D eigenvalue weighted by Gasteiger charge is -2.24. The maximum absolute atomic E-state index is 8.88. The molecule has 1 aromatic carbocycles. The van der Waals surface area contributed by atoms with Crippen LogP contribution in [0.3, 0.4) is 0 Å². The van der Waals surface area contributed by atoms with Crippen LogP contribution in [0.2, 0.25) is 0 Å². The second kappa shape index (κ2) is 8.08. The van der Waals surface area contributed by atoms with Gasteiger partial charge in [0, 0.05) is 13.6 Å². The number of rotatable bonds is 7. The Morgan fingerprint density at radius 2 is 2.29 bits per heavy atom. The van der Waals surface area contributed by atoms with Crippen LogP contribution in [-0.2, 0) is 6.54 Å².